The Hall–Kier alpha value is -4.46. The molecule has 1 aromatic heterocycles. The van der Waals surface area contributed by atoms with Crippen LogP contribution >= 0.6 is 0 Å². The number of anilines is 3. The van der Waals surface area contributed by atoms with Crippen LogP contribution in [-0.4, -0.2) is 41.8 Å². The van der Waals surface area contributed by atoms with Crippen LogP contribution in [0.1, 0.15) is 33.3 Å². The molecule has 0 aliphatic heterocycles. The van der Waals surface area contributed by atoms with Crippen molar-refractivity contribution in [3.63, 3.8) is 0 Å². The van der Waals surface area contributed by atoms with Crippen molar-refractivity contribution in [2.45, 2.75) is 33.7 Å². The summed E-state index contributed by atoms with van der Waals surface area (Å²) in [6.07, 6.45) is 1.31. The van der Waals surface area contributed by atoms with E-state index in [0.717, 1.165) is 33.4 Å². The molecule has 0 aliphatic carbocycles. The quantitative estimate of drug-likeness (QED) is 0.210. The highest BCUT2D eigenvalue weighted by atomic mass is 16.5. The number of ether oxygens (including phenoxy) is 1. The van der Waals surface area contributed by atoms with Crippen molar-refractivity contribution >= 4 is 40.2 Å². The molecular weight excluding hydrogens is 464 g/mol. The van der Waals surface area contributed by atoms with E-state index >= 15 is 0 Å². The second-order valence-corrected chi connectivity index (χ2v) is 8.27. The second kappa shape index (κ2) is 13.0. The predicted molar refractivity (Wildman–Crippen MR) is 152 cm³/mol. The molecule has 3 aromatic carbocycles. The Morgan fingerprint density at radius 1 is 1.03 bits per heavy atom. The van der Waals surface area contributed by atoms with Gasteiger partial charge < -0.3 is 26.1 Å². The van der Waals surface area contributed by atoms with Crippen LogP contribution in [0, 0.1) is 5.41 Å². The maximum atomic E-state index is 11.9. The molecule has 0 saturated heterocycles. The van der Waals surface area contributed by atoms with Gasteiger partial charge in [-0.25, -0.2) is 9.97 Å². The maximum Gasteiger partial charge on any atom is 0.258 e. The third kappa shape index (κ3) is 7.04. The molecule has 1 heterocycles. The predicted octanol–water partition coefficient (Wildman–Crippen LogP) is 6.01. The molecule has 0 unspecified atom stereocenters. The van der Waals surface area contributed by atoms with Crippen LogP contribution in [0.15, 0.2) is 66.7 Å². The van der Waals surface area contributed by atoms with E-state index in [-0.39, 0.29) is 18.6 Å². The molecule has 0 spiro atoms. The van der Waals surface area contributed by atoms with Gasteiger partial charge in [0.2, 0.25) is 0 Å². The molecule has 4 N–H and O–H groups in total. The summed E-state index contributed by atoms with van der Waals surface area (Å²) >= 11 is 0. The van der Waals surface area contributed by atoms with Gasteiger partial charge in [-0.15, -0.1) is 0 Å². The number of carbonyl (C=O) groups excluding carboxylic acids is 1. The number of amides is 1. The fourth-order valence-corrected chi connectivity index (χ4v) is 3.66. The molecule has 4 rings (SSSR count). The van der Waals surface area contributed by atoms with Gasteiger partial charge in [-0.05, 0) is 56.3 Å². The van der Waals surface area contributed by atoms with Gasteiger partial charge >= 0.3 is 0 Å². The summed E-state index contributed by atoms with van der Waals surface area (Å²) < 4.78 is 5.68. The highest BCUT2D eigenvalue weighted by molar-refractivity contribution is 5.93. The summed E-state index contributed by atoms with van der Waals surface area (Å²) in [5.74, 6) is 1.57. The van der Waals surface area contributed by atoms with Crippen molar-refractivity contribution in [2.24, 2.45) is 0 Å². The normalized spacial score (nSPS) is 10.3. The van der Waals surface area contributed by atoms with Crippen LogP contribution in [0.3, 0.4) is 0 Å². The van der Waals surface area contributed by atoms with E-state index in [1.165, 1.54) is 6.21 Å². The first-order valence-corrected chi connectivity index (χ1v) is 12.4. The second-order valence-electron chi connectivity index (χ2n) is 8.27. The lowest BCUT2D eigenvalue weighted by atomic mass is 10.1. The zero-order chi connectivity index (χ0) is 26.8. The van der Waals surface area contributed by atoms with Gasteiger partial charge in [-0.2, -0.15) is 0 Å². The minimum absolute atomic E-state index is 0.0545. The molecule has 0 bridgehead atoms. The van der Waals surface area contributed by atoms with Gasteiger partial charge in [0, 0.05) is 47.2 Å². The minimum Gasteiger partial charge on any atom is -0.484 e. The molecular formula is C29H34N6O2. The molecule has 192 valence electrons. The largest absolute Gasteiger partial charge is 0.484 e. The summed E-state index contributed by atoms with van der Waals surface area (Å²) in [5, 5.41) is 17.9. The Balaban J connectivity index is 0.00000186. The summed E-state index contributed by atoms with van der Waals surface area (Å²) in [5.41, 5.74) is 4.01. The fraction of sp³-hybridized carbons (Fsp3) is 0.241. The number of carbonyl (C=O) groups is 1. The molecule has 0 saturated carbocycles. The average Bonchev–Trinajstić information content (AvgIpc) is 2.92. The number of aromatic nitrogens is 2. The van der Waals surface area contributed by atoms with Crippen LogP contribution in [0.2, 0.25) is 0 Å². The lowest BCUT2D eigenvalue weighted by molar-refractivity contribution is -0.123. The van der Waals surface area contributed by atoms with Crippen LogP contribution in [0.5, 0.6) is 5.75 Å². The first-order chi connectivity index (χ1) is 18.0. The van der Waals surface area contributed by atoms with Crippen molar-refractivity contribution in [1.82, 2.24) is 15.3 Å². The van der Waals surface area contributed by atoms with Crippen LogP contribution in [-0.2, 0) is 4.79 Å². The van der Waals surface area contributed by atoms with E-state index in [1.807, 2.05) is 95.4 Å². The molecule has 0 radical (unpaired) electrons. The zero-order valence-electron chi connectivity index (χ0n) is 21.9. The molecule has 8 nitrogen and oxygen atoms in total. The smallest absolute Gasteiger partial charge is 0.258 e. The van der Waals surface area contributed by atoms with Crippen molar-refractivity contribution in [2.75, 3.05) is 24.3 Å². The Bertz CT molecular complexity index is 1370. The number of benzene rings is 3. The number of rotatable bonds is 9. The third-order valence-electron chi connectivity index (χ3n) is 5.25. The number of nitrogens with one attached hydrogen (secondary N) is 4. The first-order valence-electron chi connectivity index (χ1n) is 12.4. The summed E-state index contributed by atoms with van der Waals surface area (Å²) in [4.78, 5) is 21.5. The van der Waals surface area contributed by atoms with E-state index in [2.05, 4.69) is 16.0 Å². The number of fused-ring (bicyclic) bond motifs is 1. The van der Waals surface area contributed by atoms with E-state index in [4.69, 9.17) is 20.1 Å². The van der Waals surface area contributed by atoms with Crippen LogP contribution in [0.4, 0.5) is 17.2 Å². The van der Waals surface area contributed by atoms with Crippen LogP contribution in [0.25, 0.3) is 22.3 Å². The number of nitrogens with zero attached hydrogens (tertiary/aromatic N) is 2. The SMILES string of the molecule is CC.CNc1ccc(Nc2nc(-c3cccc(OCC(=O)NC(C)C)c3)nc3ccccc23)cc1C=N. The highest BCUT2D eigenvalue weighted by Crippen LogP contribution is 2.29. The molecule has 0 atom stereocenters. The zero-order valence-corrected chi connectivity index (χ0v) is 21.9. The lowest BCUT2D eigenvalue weighted by Gasteiger charge is -2.13. The lowest BCUT2D eigenvalue weighted by Crippen LogP contribution is -2.34. The minimum atomic E-state index is -0.174. The summed E-state index contributed by atoms with van der Waals surface area (Å²) in [7, 11) is 1.83. The van der Waals surface area contributed by atoms with Crippen LogP contribution < -0.4 is 20.7 Å². The maximum absolute atomic E-state index is 11.9. The van der Waals surface area contributed by atoms with Gasteiger partial charge in [0.25, 0.3) is 5.91 Å². The van der Waals surface area contributed by atoms with Crippen molar-refractivity contribution in [3.8, 4) is 17.1 Å². The summed E-state index contributed by atoms with van der Waals surface area (Å²) in [6, 6.07) is 21.0. The van der Waals surface area contributed by atoms with Crippen molar-refractivity contribution in [3.05, 3.63) is 72.3 Å². The van der Waals surface area contributed by atoms with E-state index in [9.17, 15) is 4.79 Å². The van der Waals surface area contributed by atoms with Gasteiger partial charge in [-0.3, -0.25) is 4.79 Å². The Morgan fingerprint density at radius 2 is 1.81 bits per heavy atom. The number of para-hydroxylation sites is 1. The topological polar surface area (TPSA) is 112 Å². The molecule has 8 heteroatoms. The Kier molecular flexibility index (Phi) is 9.55. The first kappa shape index (κ1) is 27.1. The molecule has 0 fully saturated rings. The Morgan fingerprint density at radius 3 is 2.54 bits per heavy atom. The van der Waals surface area contributed by atoms with Gasteiger partial charge in [0.05, 0.1) is 5.52 Å². The number of hydrogen-bond donors (Lipinski definition) is 4. The van der Waals surface area contributed by atoms with E-state index in [1.54, 1.807) is 6.07 Å². The Labute approximate surface area is 218 Å². The monoisotopic (exact) mass is 498 g/mol. The van der Waals surface area contributed by atoms with Gasteiger partial charge in [0.1, 0.15) is 11.6 Å². The molecule has 0 aliphatic rings. The standard InChI is InChI=1S/C27H28N6O2.C2H6/c1-17(2)30-25(34)16-35-21-8-6-7-18(14-21)26-32-24-10-5-4-9-22(24)27(33-26)31-20-11-12-23(29-3)19(13-20)15-28;1-2/h4-15,17,28-29H,16H2,1-3H3,(H,30,34)(H,31,32,33);1-2H3. The van der Waals surface area contributed by atoms with E-state index < -0.39 is 0 Å². The summed E-state index contributed by atoms with van der Waals surface area (Å²) in [6.45, 7) is 7.75. The molecule has 4 aromatic rings. The van der Waals surface area contributed by atoms with Gasteiger partial charge in [-0.1, -0.05) is 38.1 Å². The molecule has 1 amide bonds. The van der Waals surface area contributed by atoms with Gasteiger partial charge in [0.15, 0.2) is 12.4 Å². The third-order valence-corrected chi connectivity index (χ3v) is 5.25. The fourth-order valence-electron chi connectivity index (χ4n) is 3.66. The average molecular weight is 499 g/mol. The van der Waals surface area contributed by atoms with Crippen molar-refractivity contribution < 1.29 is 9.53 Å². The highest BCUT2D eigenvalue weighted by Gasteiger charge is 2.12. The van der Waals surface area contributed by atoms with E-state index in [0.29, 0.717) is 17.4 Å². The van der Waals surface area contributed by atoms with Crippen molar-refractivity contribution in [1.29, 1.82) is 5.41 Å². The molecule has 37 heavy (non-hydrogen) atoms. The number of hydrogen-bond acceptors (Lipinski definition) is 7.